The van der Waals surface area contributed by atoms with Gasteiger partial charge in [-0.25, -0.2) is 9.97 Å². The summed E-state index contributed by atoms with van der Waals surface area (Å²) in [6.45, 7) is -1.35. The number of H-pyrrole nitrogens is 1. The maximum Gasteiger partial charge on any atom is 0.278 e. The number of rotatable bonds is 3. The van der Waals surface area contributed by atoms with Crippen molar-refractivity contribution in [3.8, 4) is 0 Å². The van der Waals surface area contributed by atoms with Gasteiger partial charge in [0.25, 0.3) is 5.56 Å². The molecule has 0 bridgehead atoms. The highest BCUT2D eigenvalue weighted by Gasteiger charge is 2.56. The second kappa shape index (κ2) is 4.86. The second-order valence-corrected chi connectivity index (χ2v) is 4.86. The van der Waals surface area contributed by atoms with Gasteiger partial charge in [-0.2, -0.15) is 0 Å². The molecule has 3 rings (SSSR count). The molecule has 0 aliphatic carbocycles. The van der Waals surface area contributed by atoms with Crippen LogP contribution in [0.2, 0.25) is 0 Å². The fourth-order valence-electron chi connectivity index (χ4n) is 2.48. The Kier molecular flexibility index (Phi) is 3.26. The zero-order chi connectivity index (χ0) is 15.2. The Morgan fingerprint density at radius 2 is 2.19 bits per heavy atom. The van der Waals surface area contributed by atoms with E-state index in [1.54, 1.807) is 0 Å². The molecule has 0 radical (unpaired) electrons. The van der Waals surface area contributed by atoms with Crippen LogP contribution in [0.5, 0.6) is 0 Å². The molecule has 1 fully saturated rings. The van der Waals surface area contributed by atoms with E-state index in [1.165, 1.54) is 10.9 Å². The third kappa shape index (κ3) is 1.88. The highest BCUT2D eigenvalue weighted by Crippen LogP contribution is 2.38. The van der Waals surface area contributed by atoms with E-state index in [1.807, 2.05) is 0 Å². The molecule has 0 unspecified atom stereocenters. The number of aromatic amines is 1. The van der Waals surface area contributed by atoms with Gasteiger partial charge in [0.05, 0.1) is 25.9 Å². The van der Waals surface area contributed by atoms with E-state index in [2.05, 4.69) is 15.0 Å². The first kappa shape index (κ1) is 14.1. The first-order valence-electron chi connectivity index (χ1n) is 6.20. The number of fused-ring (bicyclic) bond motifs is 1. The van der Waals surface area contributed by atoms with Crippen molar-refractivity contribution in [2.75, 3.05) is 13.2 Å². The molecule has 2 aromatic heterocycles. The van der Waals surface area contributed by atoms with Crippen LogP contribution in [-0.2, 0) is 4.74 Å². The summed E-state index contributed by atoms with van der Waals surface area (Å²) in [5, 5.41) is 39.0. The molecule has 1 aliphatic rings. The van der Waals surface area contributed by atoms with Gasteiger partial charge in [-0.1, -0.05) is 0 Å². The molecule has 21 heavy (non-hydrogen) atoms. The molecule has 10 nitrogen and oxygen atoms in total. The Hall–Kier alpha value is -1.85. The average Bonchev–Trinajstić information content (AvgIpc) is 3.01. The lowest BCUT2D eigenvalue weighted by atomic mass is 9.95. The van der Waals surface area contributed by atoms with Gasteiger partial charge < -0.3 is 30.1 Å². The molecule has 0 aromatic carbocycles. The van der Waals surface area contributed by atoms with Gasteiger partial charge in [0.15, 0.2) is 23.0 Å². The Bertz CT molecular complexity index is 714. The fourth-order valence-corrected chi connectivity index (χ4v) is 2.48. The molecule has 1 saturated heterocycles. The van der Waals surface area contributed by atoms with Crippen molar-refractivity contribution in [3.05, 3.63) is 23.0 Å². The smallest absolute Gasteiger partial charge is 0.278 e. The largest absolute Gasteiger partial charge is 0.394 e. The summed E-state index contributed by atoms with van der Waals surface area (Å²) in [6, 6.07) is 0. The summed E-state index contributed by atoms with van der Waals surface area (Å²) in [6.07, 6.45) is -1.45. The van der Waals surface area contributed by atoms with E-state index < -0.39 is 42.8 Å². The SMILES string of the molecule is O=c1[nH]cnc2c1ncn2[C@@H]1O[C@H](CO)[C@@H](O)[C@]1(O)CO. The molecule has 1 aliphatic heterocycles. The Balaban J connectivity index is 2.13. The van der Waals surface area contributed by atoms with Crippen molar-refractivity contribution in [3.63, 3.8) is 0 Å². The third-order valence-electron chi connectivity index (χ3n) is 3.65. The van der Waals surface area contributed by atoms with Crippen LogP contribution in [0.4, 0.5) is 0 Å². The molecule has 0 amide bonds. The van der Waals surface area contributed by atoms with Crippen LogP contribution in [0, 0.1) is 0 Å². The number of hydrogen-bond acceptors (Lipinski definition) is 8. The zero-order valence-electron chi connectivity index (χ0n) is 10.7. The van der Waals surface area contributed by atoms with E-state index in [0.717, 1.165) is 6.33 Å². The first-order valence-corrected chi connectivity index (χ1v) is 6.20. The Morgan fingerprint density at radius 3 is 2.86 bits per heavy atom. The summed E-state index contributed by atoms with van der Waals surface area (Å²) in [4.78, 5) is 21.8. The molecular weight excluding hydrogens is 284 g/mol. The molecule has 0 spiro atoms. The first-order chi connectivity index (χ1) is 10.0. The number of ether oxygens (including phenoxy) is 1. The quantitative estimate of drug-likeness (QED) is 0.404. The minimum Gasteiger partial charge on any atom is -0.394 e. The minimum atomic E-state index is -2.05. The van der Waals surface area contributed by atoms with E-state index in [-0.39, 0.29) is 11.2 Å². The molecule has 5 N–H and O–H groups in total. The molecule has 3 heterocycles. The number of aromatic nitrogens is 4. The maximum atomic E-state index is 11.6. The molecule has 10 heteroatoms. The standard InChI is InChI=1S/C11H14N4O6/c16-1-5-7(18)11(20,2-17)10(21-5)15-4-14-6-8(15)12-3-13-9(6)19/h3-5,7,10,16-18,20H,1-2H2,(H,12,13,19)/t5-,7-,10-,11-/m1/s1. The number of aliphatic hydroxyl groups is 4. The van der Waals surface area contributed by atoms with Crippen molar-refractivity contribution in [2.24, 2.45) is 0 Å². The van der Waals surface area contributed by atoms with Crippen molar-refractivity contribution in [1.29, 1.82) is 0 Å². The van der Waals surface area contributed by atoms with Crippen LogP contribution >= 0.6 is 0 Å². The van der Waals surface area contributed by atoms with E-state index >= 15 is 0 Å². The number of hydrogen-bond donors (Lipinski definition) is 5. The van der Waals surface area contributed by atoms with Crippen molar-refractivity contribution in [2.45, 2.75) is 24.0 Å². The van der Waals surface area contributed by atoms with Gasteiger partial charge in [-0.15, -0.1) is 0 Å². The maximum absolute atomic E-state index is 11.6. The summed E-state index contributed by atoms with van der Waals surface area (Å²) in [5.41, 5.74) is -2.36. The normalized spacial score (nSPS) is 32.9. The van der Waals surface area contributed by atoms with Crippen molar-refractivity contribution < 1.29 is 25.2 Å². The van der Waals surface area contributed by atoms with E-state index in [4.69, 9.17) is 9.84 Å². The number of aliphatic hydroxyl groups excluding tert-OH is 3. The van der Waals surface area contributed by atoms with Crippen LogP contribution in [0.1, 0.15) is 6.23 Å². The highest BCUT2D eigenvalue weighted by molar-refractivity contribution is 5.68. The molecule has 2 aromatic rings. The van der Waals surface area contributed by atoms with Gasteiger partial charge in [0.2, 0.25) is 0 Å². The fraction of sp³-hybridized carbons (Fsp3) is 0.545. The second-order valence-electron chi connectivity index (χ2n) is 4.86. The van der Waals surface area contributed by atoms with E-state index in [0.29, 0.717) is 0 Å². The summed E-state index contributed by atoms with van der Waals surface area (Å²) in [7, 11) is 0. The van der Waals surface area contributed by atoms with Gasteiger partial charge >= 0.3 is 0 Å². The topological polar surface area (TPSA) is 154 Å². The highest BCUT2D eigenvalue weighted by atomic mass is 16.6. The van der Waals surface area contributed by atoms with Crippen LogP contribution in [0.15, 0.2) is 17.4 Å². The zero-order valence-corrected chi connectivity index (χ0v) is 10.7. The molecule has 0 saturated carbocycles. The summed E-state index contributed by atoms with van der Waals surface area (Å²) < 4.78 is 6.62. The third-order valence-corrected chi connectivity index (χ3v) is 3.65. The lowest BCUT2D eigenvalue weighted by Gasteiger charge is -2.29. The van der Waals surface area contributed by atoms with Crippen LogP contribution in [-0.4, -0.2) is 71.0 Å². The van der Waals surface area contributed by atoms with Crippen LogP contribution in [0.3, 0.4) is 0 Å². The lowest BCUT2D eigenvalue weighted by molar-refractivity contribution is -0.132. The number of nitrogens with zero attached hydrogens (tertiary/aromatic N) is 3. The predicted octanol–water partition coefficient (Wildman–Crippen LogP) is -2.91. The van der Waals surface area contributed by atoms with Crippen LogP contribution in [0.25, 0.3) is 11.2 Å². The van der Waals surface area contributed by atoms with E-state index in [9.17, 15) is 20.1 Å². The number of imidazole rings is 1. The Morgan fingerprint density at radius 1 is 1.43 bits per heavy atom. The van der Waals surface area contributed by atoms with Gasteiger partial charge in [-0.3, -0.25) is 9.36 Å². The Labute approximate surface area is 117 Å². The lowest BCUT2D eigenvalue weighted by Crippen LogP contribution is -2.50. The summed E-state index contributed by atoms with van der Waals surface area (Å²) >= 11 is 0. The minimum absolute atomic E-state index is 0.0309. The van der Waals surface area contributed by atoms with Crippen molar-refractivity contribution in [1.82, 2.24) is 19.5 Å². The number of nitrogens with one attached hydrogen (secondary N) is 1. The van der Waals surface area contributed by atoms with Crippen LogP contribution < -0.4 is 5.56 Å². The molecular formula is C11H14N4O6. The van der Waals surface area contributed by atoms with Gasteiger partial charge in [0.1, 0.15) is 12.2 Å². The monoisotopic (exact) mass is 298 g/mol. The van der Waals surface area contributed by atoms with Gasteiger partial charge in [-0.05, 0) is 0 Å². The molecule has 4 atom stereocenters. The van der Waals surface area contributed by atoms with Gasteiger partial charge in [0, 0.05) is 0 Å². The van der Waals surface area contributed by atoms with Crippen molar-refractivity contribution >= 4 is 11.2 Å². The molecule has 114 valence electrons. The summed E-state index contributed by atoms with van der Waals surface area (Å²) in [5.74, 6) is 0. The average molecular weight is 298 g/mol. The predicted molar refractivity (Wildman–Crippen MR) is 67.2 cm³/mol.